The number of nitro benzene ring substituents is 1. The number of sulfonamides is 1. The maximum Gasteiger partial charge on any atom is 0.321 e. The highest BCUT2D eigenvalue weighted by Gasteiger charge is 2.26. The minimum absolute atomic E-state index is 0.213. The van der Waals surface area contributed by atoms with Gasteiger partial charge in [-0.05, 0) is 18.6 Å². The minimum Gasteiger partial charge on any atom is -0.477 e. The molecule has 12 heteroatoms. The molecule has 0 heterocycles. The fraction of sp³-hybridized carbons (Fsp3) is 0.500. The molecule has 0 saturated carbocycles. The van der Waals surface area contributed by atoms with E-state index in [1.807, 2.05) is 12.2 Å². The van der Waals surface area contributed by atoms with Crippen molar-refractivity contribution in [2.75, 3.05) is 26.2 Å². The number of hydrogen-bond acceptors (Lipinski definition) is 7. The van der Waals surface area contributed by atoms with Gasteiger partial charge in [-0.1, -0.05) is 20.8 Å². The maximum absolute atomic E-state index is 12.5. The lowest BCUT2D eigenvalue weighted by Gasteiger charge is -2.18. The fourth-order valence-corrected chi connectivity index (χ4v) is 3.70. The molecule has 2 N–H and O–H groups in total. The third-order valence-corrected chi connectivity index (χ3v) is 5.66. The number of carbonyl (C=O) groups is 2. The second-order valence-electron chi connectivity index (χ2n) is 5.57. The van der Waals surface area contributed by atoms with Gasteiger partial charge in [-0.15, -0.1) is 0 Å². The summed E-state index contributed by atoms with van der Waals surface area (Å²) in [7, 11) is -3.89. The van der Waals surface area contributed by atoms with Crippen LogP contribution in [0.25, 0.3) is 0 Å². The Kier molecular flexibility index (Phi) is 8.79. The van der Waals surface area contributed by atoms with Gasteiger partial charge in [0, 0.05) is 25.7 Å². The zero-order chi connectivity index (χ0) is 21.3. The van der Waals surface area contributed by atoms with Gasteiger partial charge in [0.05, 0.1) is 9.82 Å². The molecule has 0 unspecified atom stereocenters. The molecule has 0 radical (unpaired) electrons. The van der Waals surface area contributed by atoms with Crippen LogP contribution >= 0.6 is 0 Å². The van der Waals surface area contributed by atoms with Crippen LogP contribution in [0.15, 0.2) is 23.1 Å². The molecule has 0 aromatic heterocycles. The first-order chi connectivity index (χ1) is 13.2. The summed E-state index contributed by atoms with van der Waals surface area (Å²) < 4.78 is 31.3. The number of imide groups is 1. The molecule has 0 aliphatic rings. The largest absolute Gasteiger partial charge is 0.477 e. The van der Waals surface area contributed by atoms with Crippen molar-refractivity contribution in [3.8, 4) is 5.75 Å². The molecule has 1 aromatic rings. The second-order valence-corrected chi connectivity index (χ2v) is 7.51. The summed E-state index contributed by atoms with van der Waals surface area (Å²) >= 11 is 0. The third-order valence-electron chi connectivity index (χ3n) is 3.62. The zero-order valence-corrected chi connectivity index (χ0v) is 16.7. The zero-order valence-electron chi connectivity index (χ0n) is 15.9. The standard InChI is InChI=1S/C16H24N4O7S/c1-4-9-17-16(22)18-15(21)11-27-14-8-7-12(10-13(14)20(23)24)28(25,26)19(5-2)6-3/h7-8,10H,4-6,9,11H2,1-3H3,(H2,17,18,21,22). The first-order valence-electron chi connectivity index (χ1n) is 8.66. The van der Waals surface area contributed by atoms with Crippen molar-refractivity contribution in [2.24, 2.45) is 0 Å². The van der Waals surface area contributed by atoms with Crippen LogP contribution in [-0.4, -0.2) is 55.8 Å². The van der Waals surface area contributed by atoms with E-state index in [0.717, 1.165) is 16.4 Å². The average Bonchev–Trinajstić information content (AvgIpc) is 2.65. The fourth-order valence-electron chi connectivity index (χ4n) is 2.22. The summed E-state index contributed by atoms with van der Waals surface area (Å²) in [5, 5.41) is 15.7. The molecule has 11 nitrogen and oxygen atoms in total. The highest BCUT2D eigenvalue weighted by atomic mass is 32.2. The van der Waals surface area contributed by atoms with Crippen molar-refractivity contribution in [1.29, 1.82) is 0 Å². The van der Waals surface area contributed by atoms with Gasteiger partial charge in [-0.2, -0.15) is 4.31 Å². The van der Waals surface area contributed by atoms with E-state index in [9.17, 15) is 28.1 Å². The summed E-state index contributed by atoms with van der Waals surface area (Å²) in [4.78, 5) is 33.3. The van der Waals surface area contributed by atoms with Crippen LogP contribution in [0.3, 0.4) is 0 Å². The van der Waals surface area contributed by atoms with Crippen LogP contribution in [0, 0.1) is 10.1 Å². The van der Waals surface area contributed by atoms with E-state index in [4.69, 9.17) is 4.74 Å². The molecule has 3 amide bonds. The molecule has 0 aliphatic carbocycles. The van der Waals surface area contributed by atoms with Gasteiger partial charge in [0.1, 0.15) is 0 Å². The molecule has 0 fully saturated rings. The van der Waals surface area contributed by atoms with E-state index in [1.165, 1.54) is 6.07 Å². The van der Waals surface area contributed by atoms with Crippen molar-refractivity contribution < 1.29 is 27.7 Å². The van der Waals surface area contributed by atoms with Crippen molar-refractivity contribution in [2.45, 2.75) is 32.1 Å². The minimum atomic E-state index is -3.89. The van der Waals surface area contributed by atoms with E-state index in [2.05, 4.69) is 5.32 Å². The van der Waals surface area contributed by atoms with Crippen LogP contribution in [0.2, 0.25) is 0 Å². The average molecular weight is 416 g/mol. The Labute approximate surface area is 163 Å². The van der Waals surface area contributed by atoms with Gasteiger partial charge in [0.2, 0.25) is 10.0 Å². The van der Waals surface area contributed by atoms with Crippen LogP contribution in [-0.2, 0) is 14.8 Å². The molecule has 0 spiro atoms. The normalized spacial score (nSPS) is 11.1. The van der Waals surface area contributed by atoms with Gasteiger partial charge >= 0.3 is 11.7 Å². The van der Waals surface area contributed by atoms with E-state index in [0.29, 0.717) is 13.0 Å². The monoisotopic (exact) mass is 416 g/mol. The Balaban J connectivity index is 2.96. The second kappa shape index (κ2) is 10.6. The third kappa shape index (κ3) is 6.16. The predicted molar refractivity (Wildman–Crippen MR) is 101 cm³/mol. The first-order valence-corrected chi connectivity index (χ1v) is 10.1. The van der Waals surface area contributed by atoms with E-state index < -0.39 is 39.2 Å². The van der Waals surface area contributed by atoms with E-state index in [1.54, 1.807) is 13.8 Å². The van der Waals surface area contributed by atoms with Gasteiger partial charge in [-0.25, -0.2) is 13.2 Å². The van der Waals surface area contributed by atoms with Crippen molar-refractivity contribution in [3.63, 3.8) is 0 Å². The van der Waals surface area contributed by atoms with Crippen LogP contribution in [0.5, 0.6) is 5.75 Å². The number of amides is 3. The van der Waals surface area contributed by atoms with E-state index >= 15 is 0 Å². The number of nitro groups is 1. The number of nitrogens with one attached hydrogen (secondary N) is 2. The molecule has 1 rings (SSSR count). The van der Waals surface area contributed by atoms with Crippen LogP contribution in [0.4, 0.5) is 10.5 Å². The summed E-state index contributed by atoms with van der Waals surface area (Å²) in [5.74, 6) is -1.09. The Morgan fingerprint density at radius 3 is 2.39 bits per heavy atom. The number of hydrogen-bond donors (Lipinski definition) is 2. The topological polar surface area (TPSA) is 148 Å². The smallest absolute Gasteiger partial charge is 0.321 e. The van der Waals surface area contributed by atoms with E-state index in [-0.39, 0.29) is 23.7 Å². The van der Waals surface area contributed by atoms with Crippen molar-refractivity contribution in [1.82, 2.24) is 14.9 Å². The van der Waals surface area contributed by atoms with Crippen LogP contribution in [0.1, 0.15) is 27.2 Å². The Bertz CT molecular complexity index is 822. The van der Waals surface area contributed by atoms with Gasteiger partial charge in [-0.3, -0.25) is 20.2 Å². The number of ether oxygens (including phenoxy) is 1. The number of nitrogens with zero attached hydrogens (tertiary/aromatic N) is 2. The summed E-state index contributed by atoms with van der Waals surface area (Å²) in [5.41, 5.74) is -0.600. The van der Waals surface area contributed by atoms with Crippen molar-refractivity contribution >= 4 is 27.6 Å². The lowest BCUT2D eigenvalue weighted by atomic mass is 10.3. The first kappa shape index (κ1) is 23.3. The van der Waals surface area contributed by atoms with Gasteiger partial charge < -0.3 is 10.1 Å². The molecule has 28 heavy (non-hydrogen) atoms. The summed E-state index contributed by atoms with van der Waals surface area (Å²) in [6.45, 7) is 5.31. The highest BCUT2D eigenvalue weighted by molar-refractivity contribution is 7.89. The number of carbonyl (C=O) groups excluding carboxylic acids is 2. The Morgan fingerprint density at radius 2 is 1.86 bits per heavy atom. The Morgan fingerprint density at radius 1 is 1.21 bits per heavy atom. The SMILES string of the molecule is CCCNC(=O)NC(=O)COc1ccc(S(=O)(=O)N(CC)CC)cc1[N+](=O)[O-]. The summed E-state index contributed by atoms with van der Waals surface area (Å²) in [6.07, 6.45) is 0.688. The molecule has 1 aromatic carbocycles. The molecule has 0 bridgehead atoms. The molecule has 0 atom stereocenters. The molecular weight excluding hydrogens is 392 g/mol. The summed E-state index contributed by atoms with van der Waals surface area (Å²) in [6, 6.07) is 2.46. The lowest BCUT2D eigenvalue weighted by molar-refractivity contribution is -0.386. The molecule has 156 valence electrons. The Hall–Kier alpha value is -2.73. The molecular formula is C16H24N4O7S. The number of benzene rings is 1. The van der Waals surface area contributed by atoms with Gasteiger partial charge in [0.25, 0.3) is 5.91 Å². The van der Waals surface area contributed by atoms with Crippen molar-refractivity contribution in [3.05, 3.63) is 28.3 Å². The quantitative estimate of drug-likeness (QED) is 0.430. The highest BCUT2D eigenvalue weighted by Crippen LogP contribution is 2.30. The predicted octanol–water partition coefficient (Wildman–Crippen LogP) is 1.24. The number of urea groups is 1. The van der Waals surface area contributed by atoms with Crippen LogP contribution < -0.4 is 15.4 Å². The maximum atomic E-state index is 12.5. The number of rotatable bonds is 10. The van der Waals surface area contributed by atoms with Gasteiger partial charge in [0.15, 0.2) is 12.4 Å². The molecule has 0 aliphatic heterocycles. The molecule has 0 saturated heterocycles. The lowest BCUT2D eigenvalue weighted by Crippen LogP contribution is -2.41.